The van der Waals surface area contributed by atoms with Gasteiger partial charge in [0.05, 0.1) is 0 Å². The lowest BCUT2D eigenvalue weighted by atomic mass is 10.0. The highest BCUT2D eigenvalue weighted by Gasteiger charge is 2.21. The van der Waals surface area contributed by atoms with Crippen molar-refractivity contribution in [3.8, 4) is 0 Å². The Morgan fingerprint density at radius 3 is 2.28 bits per heavy atom. The van der Waals surface area contributed by atoms with E-state index in [1.54, 1.807) is 0 Å². The molecule has 4 N–H and O–H groups in total. The van der Waals surface area contributed by atoms with E-state index in [-0.39, 0.29) is 17.9 Å². The summed E-state index contributed by atoms with van der Waals surface area (Å²) in [5.41, 5.74) is 5.64. The van der Waals surface area contributed by atoms with Crippen molar-refractivity contribution in [1.82, 2.24) is 5.32 Å². The van der Waals surface area contributed by atoms with Gasteiger partial charge in [-0.15, -0.1) is 0 Å². The quantitative estimate of drug-likeness (QED) is 0.584. The van der Waals surface area contributed by atoms with Crippen molar-refractivity contribution in [3.05, 3.63) is 0 Å². The largest absolute Gasteiger partial charge is 0.480 e. The molecular formula is C13H26N2O3. The van der Waals surface area contributed by atoms with Gasteiger partial charge < -0.3 is 16.2 Å². The first-order valence-electron chi connectivity index (χ1n) is 6.67. The van der Waals surface area contributed by atoms with E-state index in [2.05, 4.69) is 5.32 Å². The molecule has 0 radical (unpaired) electrons. The van der Waals surface area contributed by atoms with E-state index >= 15 is 0 Å². The molecule has 0 saturated heterocycles. The van der Waals surface area contributed by atoms with Crippen molar-refractivity contribution in [1.29, 1.82) is 0 Å². The number of carbonyl (C=O) groups excluding carboxylic acids is 1. The lowest BCUT2D eigenvalue weighted by Gasteiger charge is -2.17. The molecule has 1 amide bonds. The summed E-state index contributed by atoms with van der Waals surface area (Å²) in [5.74, 6) is -1.31. The molecule has 0 aliphatic carbocycles. The van der Waals surface area contributed by atoms with Crippen LogP contribution in [0.5, 0.6) is 0 Å². The molecule has 0 bridgehead atoms. The highest BCUT2D eigenvalue weighted by molar-refractivity contribution is 5.84. The molecule has 0 aromatic heterocycles. The third kappa shape index (κ3) is 7.27. The van der Waals surface area contributed by atoms with Crippen LogP contribution < -0.4 is 11.1 Å². The Labute approximate surface area is 109 Å². The van der Waals surface area contributed by atoms with Crippen LogP contribution in [0.25, 0.3) is 0 Å². The third-order valence-corrected chi connectivity index (χ3v) is 2.94. The molecule has 106 valence electrons. The molecule has 0 fully saturated rings. The van der Waals surface area contributed by atoms with Gasteiger partial charge >= 0.3 is 5.97 Å². The Kier molecular flexibility index (Phi) is 8.37. The Morgan fingerprint density at radius 2 is 1.83 bits per heavy atom. The fourth-order valence-corrected chi connectivity index (χ4v) is 1.74. The fourth-order valence-electron chi connectivity index (χ4n) is 1.74. The molecule has 5 nitrogen and oxygen atoms in total. The maximum atomic E-state index is 11.8. The summed E-state index contributed by atoms with van der Waals surface area (Å²) in [6, 6.07) is -0.620. The molecule has 0 saturated carbocycles. The molecule has 2 unspecified atom stereocenters. The smallest absolute Gasteiger partial charge is 0.326 e. The zero-order chi connectivity index (χ0) is 14.1. The molecular weight excluding hydrogens is 232 g/mol. The molecule has 0 heterocycles. The predicted octanol–water partition coefficient (Wildman–Crippen LogP) is 1.51. The van der Waals surface area contributed by atoms with Gasteiger partial charge in [0.2, 0.25) is 5.91 Å². The van der Waals surface area contributed by atoms with Gasteiger partial charge in [0.25, 0.3) is 0 Å². The normalized spacial score (nSPS) is 15.8. The lowest BCUT2D eigenvalue weighted by molar-refractivity contribution is -0.142. The van der Waals surface area contributed by atoms with Crippen molar-refractivity contribution in [2.24, 2.45) is 11.7 Å². The van der Waals surface area contributed by atoms with E-state index in [0.29, 0.717) is 6.42 Å². The zero-order valence-electron chi connectivity index (χ0n) is 11.6. The van der Waals surface area contributed by atoms with E-state index < -0.39 is 12.0 Å². The molecule has 0 aliphatic rings. The highest BCUT2D eigenvalue weighted by Crippen LogP contribution is 2.10. The van der Waals surface area contributed by atoms with Crippen LogP contribution >= 0.6 is 0 Å². The van der Waals surface area contributed by atoms with Crippen molar-refractivity contribution < 1.29 is 14.7 Å². The summed E-state index contributed by atoms with van der Waals surface area (Å²) in [5, 5.41) is 11.5. The van der Waals surface area contributed by atoms with Crippen molar-refractivity contribution in [2.45, 2.75) is 65.0 Å². The van der Waals surface area contributed by atoms with Crippen molar-refractivity contribution >= 4 is 11.9 Å². The number of hydrogen-bond acceptors (Lipinski definition) is 3. The van der Waals surface area contributed by atoms with Crippen molar-refractivity contribution in [3.63, 3.8) is 0 Å². The zero-order valence-corrected chi connectivity index (χ0v) is 11.6. The minimum atomic E-state index is -0.965. The predicted molar refractivity (Wildman–Crippen MR) is 71.1 cm³/mol. The molecule has 5 heteroatoms. The van der Waals surface area contributed by atoms with Crippen LogP contribution in [-0.4, -0.2) is 29.1 Å². The van der Waals surface area contributed by atoms with E-state index in [1.807, 2.05) is 20.8 Å². The number of amides is 1. The van der Waals surface area contributed by atoms with Crippen LogP contribution in [0.15, 0.2) is 0 Å². The molecule has 0 spiro atoms. The molecule has 0 aromatic carbocycles. The summed E-state index contributed by atoms with van der Waals surface area (Å²) in [6.45, 7) is 5.65. The number of carboxylic acid groups (broad SMARTS) is 1. The molecule has 3 atom stereocenters. The molecule has 0 rings (SSSR count). The summed E-state index contributed by atoms with van der Waals surface area (Å²) in [7, 11) is 0. The average Bonchev–Trinajstić information content (AvgIpc) is 2.27. The Balaban J connectivity index is 4.08. The monoisotopic (exact) mass is 258 g/mol. The van der Waals surface area contributed by atoms with Crippen molar-refractivity contribution in [2.75, 3.05) is 0 Å². The van der Waals surface area contributed by atoms with E-state index in [9.17, 15) is 9.59 Å². The number of hydrogen-bond donors (Lipinski definition) is 3. The number of aliphatic carboxylic acids is 1. The first-order chi connectivity index (χ1) is 8.38. The number of rotatable bonds is 9. The van der Waals surface area contributed by atoms with Crippen LogP contribution in [0.2, 0.25) is 0 Å². The Bertz CT molecular complexity index is 267. The summed E-state index contributed by atoms with van der Waals surface area (Å²) in [4.78, 5) is 22.7. The van der Waals surface area contributed by atoms with Gasteiger partial charge in [-0.25, -0.2) is 4.79 Å². The highest BCUT2D eigenvalue weighted by atomic mass is 16.4. The van der Waals surface area contributed by atoms with E-state index in [4.69, 9.17) is 10.8 Å². The van der Waals surface area contributed by atoms with Gasteiger partial charge in [-0.05, 0) is 26.2 Å². The second kappa shape index (κ2) is 8.91. The topological polar surface area (TPSA) is 92.4 Å². The lowest BCUT2D eigenvalue weighted by Crippen LogP contribution is -2.43. The van der Waals surface area contributed by atoms with Gasteiger partial charge in [-0.2, -0.15) is 0 Å². The van der Waals surface area contributed by atoms with Crippen LogP contribution in [0.3, 0.4) is 0 Å². The first-order valence-corrected chi connectivity index (χ1v) is 6.67. The number of carboxylic acids is 1. The Morgan fingerprint density at radius 1 is 1.22 bits per heavy atom. The minimum absolute atomic E-state index is 0.145. The third-order valence-electron chi connectivity index (χ3n) is 2.94. The van der Waals surface area contributed by atoms with Gasteiger partial charge in [0, 0.05) is 12.0 Å². The standard InChI is InChI=1S/C13H26N2O3/c1-4-6-11(13(17)18)15-12(16)9(2)7-5-8-10(3)14/h9-11H,4-8,14H2,1-3H3,(H,15,16)(H,17,18)/t9?,10?,11-/m1/s1. The van der Waals surface area contributed by atoms with Crippen LogP contribution in [0, 0.1) is 5.92 Å². The second-order valence-corrected chi connectivity index (χ2v) is 5.00. The SMILES string of the molecule is CCC[C@@H](NC(=O)C(C)CCCC(C)N)C(=O)O. The fraction of sp³-hybridized carbons (Fsp3) is 0.846. The number of nitrogens with two attached hydrogens (primary N) is 1. The summed E-state index contributed by atoms with van der Waals surface area (Å²) < 4.78 is 0. The first kappa shape index (κ1) is 16.9. The minimum Gasteiger partial charge on any atom is -0.480 e. The van der Waals surface area contributed by atoms with Gasteiger partial charge in [-0.1, -0.05) is 26.7 Å². The van der Waals surface area contributed by atoms with Crippen LogP contribution in [-0.2, 0) is 9.59 Å². The number of carbonyl (C=O) groups is 2. The average molecular weight is 258 g/mol. The van der Waals surface area contributed by atoms with E-state index in [1.165, 1.54) is 0 Å². The molecule has 0 aliphatic heterocycles. The Hall–Kier alpha value is -1.10. The second-order valence-electron chi connectivity index (χ2n) is 5.00. The summed E-state index contributed by atoms with van der Waals surface area (Å²) in [6.07, 6.45) is 3.71. The maximum Gasteiger partial charge on any atom is 0.326 e. The van der Waals surface area contributed by atoms with Gasteiger partial charge in [-0.3, -0.25) is 4.79 Å². The van der Waals surface area contributed by atoms with Crippen LogP contribution in [0.4, 0.5) is 0 Å². The van der Waals surface area contributed by atoms with Gasteiger partial charge in [0.15, 0.2) is 0 Å². The maximum absolute atomic E-state index is 11.8. The summed E-state index contributed by atoms with van der Waals surface area (Å²) >= 11 is 0. The van der Waals surface area contributed by atoms with E-state index in [0.717, 1.165) is 25.7 Å². The molecule has 0 aromatic rings. The number of nitrogens with one attached hydrogen (secondary N) is 1. The molecule has 18 heavy (non-hydrogen) atoms. The van der Waals surface area contributed by atoms with Crippen LogP contribution in [0.1, 0.15) is 52.9 Å². The van der Waals surface area contributed by atoms with Gasteiger partial charge in [0.1, 0.15) is 6.04 Å².